The molecule has 0 fully saturated rings. The molecule has 0 saturated carbocycles. The van der Waals surface area contributed by atoms with Gasteiger partial charge in [-0.15, -0.1) is 0 Å². The van der Waals surface area contributed by atoms with Crippen molar-refractivity contribution in [3.05, 3.63) is 29.3 Å². The summed E-state index contributed by atoms with van der Waals surface area (Å²) in [6.07, 6.45) is 0. The molecule has 0 radical (unpaired) electrons. The highest BCUT2D eigenvalue weighted by molar-refractivity contribution is 6.33. The van der Waals surface area contributed by atoms with E-state index in [1.165, 1.54) is 0 Å². The van der Waals surface area contributed by atoms with Crippen molar-refractivity contribution in [2.45, 2.75) is 19.9 Å². The summed E-state index contributed by atoms with van der Waals surface area (Å²) in [5.41, 5.74) is 0.651. The van der Waals surface area contributed by atoms with Crippen LogP contribution in [0, 0.1) is 0 Å². The van der Waals surface area contributed by atoms with Crippen LogP contribution in [0.1, 0.15) is 13.8 Å². The zero-order valence-corrected chi connectivity index (χ0v) is 11.0. The largest absolute Gasteiger partial charge is 0.373 e. The highest BCUT2D eigenvalue weighted by atomic mass is 35.5. The lowest BCUT2D eigenvalue weighted by molar-refractivity contribution is -0.120. The number of carbonyl (C=O) groups excluding carboxylic acids is 2. The molecule has 5 nitrogen and oxygen atoms in total. The van der Waals surface area contributed by atoms with Crippen LogP contribution in [-0.4, -0.2) is 24.5 Å². The average molecular weight is 270 g/mol. The molecule has 0 aliphatic heterocycles. The Kier molecular flexibility index (Phi) is 5.45. The number of imide groups is 1. The maximum absolute atomic E-state index is 11.7. The fourth-order valence-corrected chi connectivity index (χ4v) is 1.49. The van der Waals surface area contributed by atoms with Crippen LogP contribution in [0.25, 0.3) is 0 Å². The van der Waals surface area contributed by atoms with Gasteiger partial charge in [-0.25, -0.2) is 4.79 Å². The molecule has 0 spiro atoms. The molecule has 3 amide bonds. The van der Waals surface area contributed by atoms with Crippen LogP contribution in [0.5, 0.6) is 0 Å². The topological polar surface area (TPSA) is 70.2 Å². The minimum absolute atomic E-state index is 0.416. The molecule has 0 aliphatic carbocycles. The lowest BCUT2D eigenvalue weighted by atomic mass is 10.2. The Morgan fingerprint density at radius 2 is 2.00 bits per heavy atom. The zero-order valence-electron chi connectivity index (χ0n) is 10.3. The first-order valence-corrected chi connectivity index (χ1v) is 6.02. The summed E-state index contributed by atoms with van der Waals surface area (Å²) in [5, 5.41) is 8.16. The first-order chi connectivity index (χ1) is 8.54. The second kappa shape index (κ2) is 6.86. The van der Waals surface area contributed by atoms with Gasteiger partial charge in [0.25, 0.3) is 0 Å². The summed E-state index contributed by atoms with van der Waals surface area (Å²) in [7, 11) is 0. The van der Waals surface area contributed by atoms with E-state index in [0.717, 1.165) is 0 Å². The molecule has 1 atom stereocenters. The van der Waals surface area contributed by atoms with Gasteiger partial charge in [-0.2, -0.15) is 0 Å². The van der Waals surface area contributed by atoms with E-state index in [0.29, 0.717) is 17.3 Å². The molecule has 98 valence electrons. The monoisotopic (exact) mass is 269 g/mol. The predicted octanol–water partition coefficient (Wildman–Crippen LogP) is 1.99. The van der Waals surface area contributed by atoms with E-state index in [-0.39, 0.29) is 0 Å². The minimum Gasteiger partial charge on any atom is -0.373 e. The average Bonchev–Trinajstić information content (AvgIpc) is 2.32. The molecule has 0 bridgehead atoms. The fourth-order valence-electron chi connectivity index (χ4n) is 1.30. The van der Waals surface area contributed by atoms with Crippen LogP contribution in [0.3, 0.4) is 0 Å². The van der Waals surface area contributed by atoms with E-state index in [9.17, 15) is 9.59 Å². The third kappa shape index (κ3) is 4.25. The molecule has 6 heteroatoms. The van der Waals surface area contributed by atoms with Crippen LogP contribution in [0.4, 0.5) is 10.5 Å². The van der Waals surface area contributed by atoms with Gasteiger partial charge in [0.05, 0.1) is 10.7 Å². The SMILES string of the molecule is CCNC(=O)NC(=O)C(C)Nc1ccccc1Cl. The Labute approximate surface area is 111 Å². The van der Waals surface area contributed by atoms with Crippen LogP contribution in [-0.2, 0) is 4.79 Å². The quantitative estimate of drug-likeness (QED) is 0.783. The molecule has 0 aliphatic rings. The summed E-state index contributed by atoms with van der Waals surface area (Å²) in [6, 6.07) is 6.02. The minimum atomic E-state index is -0.562. The maximum Gasteiger partial charge on any atom is 0.321 e. The molecule has 1 rings (SSSR count). The smallest absolute Gasteiger partial charge is 0.321 e. The van der Waals surface area contributed by atoms with Crippen molar-refractivity contribution in [1.82, 2.24) is 10.6 Å². The number of urea groups is 1. The summed E-state index contributed by atoms with van der Waals surface area (Å²) in [5.74, 6) is -0.416. The van der Waals surface area contributed by atoms with Crippen molar-refractivity contribution in [3.8, 4) is 0 Å². The van der Waals surface area contributed by atoms with E-state index >= 15 is 0 Å². The molecule has 0 heterocycles. The fraction of sp³-hybridized carbons (Fsp3) is 0.333. The highest BCUT2D eigenvalue weighted by Crippen LogP contribution is 2.21. The molecule has 1 aromatic carbocycles. The van der Waals surface area contributed by atoms with Gasteiger partial charge in [-0.1, -0.05) is 23.7 Å². The first kappa shape index (κ1) is 14.3. The third-order valence-corrected chi connectivity index (χ3v) is 2.54. The van der Waals surface area contributed by atoms with Crippen LogP contribution in [0.2, 0.25) is 5.02 Å². The molecule has 18 heavy (non-hydrogen) atoms. The number of para-hydroxylation sites is 1. The molecule has 3 N–H and O–H groups in total. The standard InChI is InChI=1S/C12H16ClN3O2/c1-3-14-12(18)16-11(17)8(2)15-10-7-5-4-6-9(10)13/h4-8,15H,3H2,1-2H3,(H2,14,16,17,18). The number of hydrogen-bond donors (Lipinski definition) is 3. The number of nitrogens with one attached hydrogen (secondary N) is 3. The predicted molar refractivity (Wildman–Crippen MR) is 71.8 cm³/mol. The molecule has 0 aromatic heterocycles. The second-order valence-corrected chi connectivity index (χ2v) is 4.10. The van der Waals surface area contributed by atoms with E-state index < -0.39 is 18.0 Å². The van der Waals surface area contributed by atoms with Crippen LogP contribution >= 0.6 is 11.6 Å². The molecule has 1 unspecified atom stereocenters. The molecule has 0 saturated heterocycles. The number of benzene rings is 1. The number of amides is 3. The van der Waals surface area contributed by atoms with Crippen LogP contribution in [0.15, 0.2) is 24.3 Å². The highest BCUT2D eigenvalue weighted by Gasteiger charge is 2.15. The number of hydrogen-bond acceptors (Lipinski definition) is 3. The Morgan fingerprint density at radius 3 is 2.61 bits per heavy atom. The van der Waals surface area contributed by atoms with Crippen molar-refractivity contribution in [2.24, 2.45) is 0 Å². The number of rotatable bonds is 4. The lowest BCUT2D eigenvalue weighted by Crippen LogP contribution is -2.45. The Balaban J connectivity index is 2.55. The van der Waals surface area contributed by atoms with E-state index in [4.69, 9.17) is 11.6 Å². The van der Waals surface area contributed by atoms with Gasteiger partial charge in [0, 0.05) is 6.54 Å². The van der Waals surface area contributed by atoms with Crippen molar-refractivity contribution in [3.63, 3.8) is 0 Å². The summed E-state index contributed by atoms with van der Waals surface area (Å²) in [4.78, 5) is 22.8. The van der Waals surface area contributed by atoms with Gasteiger partial charge in [0.15, 0.2) is 0 Å². The summed E-state index contributed by atoms with van der Waals surface area (Å²) >= 11 is 5.95. The summed E-state index contributed by atoms with van der Waals surface area (Å²) < 4.78 is 0. The first-order valence-electron chi connectivity index (χ1n) is 5.64. The number of anilines is 1. The van der Waals surface area contributed by atoms with Gasteiger partial charge in [0.1, 0.15) is 6.04 Å². The normalized spacial score (nSPS) is 11.5. The number of halogens is 1. The number of carbonyl (C=O) groups is 2. The van der Waals surface area contributed by atoms with Gasteiger partial charge in [-0.3, -0.25) is 10.1 Å². The van der Waals surface area contributed by atoms with Gasteiger partial charge in [-0.05, 0) is 26.0 Å². The molecule has 1 aromatic rings. The van der Waals surface area contributed by atoms with Gasteiger partial charge in [0.2, 0.25) is 5.91 Å². The molecular formula is C12H16ClN3O2. The van der Waals surface area contributed by atoms with Crippen molar-refractivity contribution < 1.29 is 9.59 Å². The van der Waals surface area contributed by atoms with E-state index in [1.807, 2.05) is 6.07 Å². The van der Waals surface area contributed by atoms with Crippen molar-refractivity contribution in [2.75, 3.05) is 11.9 Å². The van der Waals surface area contributed by atoms with Crippen molar-refractivity contribution in [1.29, 1.82) is 0 Å². The van der Waals surface area contributed by atoms with Gasteiger partial charge >= 0.3 is 6.03 Å². The lowest BCUT2D eigenvalue weighted by Gasteiger charge is -2.15. The second-order valence-electron chi connectivity index (χ2n) is 3.69. The Morgan fingerprint density at radius 1 is 1.33 bits per heavy atom. The molecular weight excluding hydrogens is 254 g/mol. The van der Waals surface area contributed by atoms with E-state index in [2.05, 4.69) is 16.0 Å². The van der Waals surface area contributed by atoms with Gasteiger partial charge < -0.3 is 10.6 Å². The van der Waals surface area contributed by atoms with E-state index in [1.54, 1.807) is 32.0 Å². The Bertz CT molecular complexity index is 437. The summed E-state index contributed by atoms with van der Waals surface area (Å²) in [6.45, 7) is 3.89. The zero-order chi connectivity index (χ0) is 13.5. The third-order valence-electron chi connectivity index (χ3n) is 2.21. The Hall–Kier alpha value is -1.75. The van der Waals surface area contributed by atoms with Crippen molar-refractivity contribution >= 4 is 29.2 Å². The van der Waals surface area contributed by atoms with Crippen LogP contribution < -0.4 is 16.0 Å². The maximum atomic E-state index is 11.7.